The fourth-order valence-corrected chi connectivity index (χ4v) is 2.70. The molecule has 0 spiro atoms. The van der Waals surface area contributed by atoms with Crippen LogP contribution in [-0.2, 0) is 4.74 Å². The topological polar surface area (TPSA) is 74.0 Å². The number of ether oxygens (including phenoxy) is 3. The van der Waals surface area contributed by atoms with Gasteiger partial charge in [-0.1, -0.05) is 0 Å². The molecule has 0 fully saturated rings. The van der Waals surface area contributed by atoms with Crippen LogP contribution in [0.4, 0.5) is 10.5 Å². The zero-order chi connectivity index (χ0) is 15.6. The first kappa shape index (κ1) is 15.4. The van der Waals surface area contributed by atoms with Crippen molar-refractivity contribution in [2.24, 2.45) is 5.73 Å². The van der Waals surface area contributed by atoms with Gasteiger partial charge >= 0.3 is 6.09 Å². The second-order valence-corrected chi connectivity index (χ2v) is 5.03. The van der Waals surface area contributed by atoms with Crippen molar-refractivity contribution in [1.29, 1.82) is 0 Å². The third-order valence-corrected chi connectivity index (χ3v) is 3.69. The summed E-state index contributed by atoms with van der Waals surface area (Å²) in [5.74, 6) is 1.16. The minimum atomic E-state index is -0.370. The van der Waals surface area contributed by atoms with E-state index in [1.54, 1.807) is 32.1 Å². The molecular formula is C15H22N2O4. The minimum Gasteiger partial charge on any atom is -0.493 e. The first-order chi connectivity index (χ1) is 10.0. The van der Waals surface area contributed by atoms with Gasteiger partial charge in [0, 0.05) is 18.2 Å². The normalized spacial score (nSPS) is 20.7. The number of carbonyl (C=O) groups excluding carboxylic acids is 1. The van der Waals surface area contributed by atoms with E-state index in [1.165, 1.54) is 0 Å². The molecule has 0 saturated heterocycles. The van der Waals surface area contributed by atoms with Gasteiger partial charge < -0.3 is 19.9 Å². The van der Waals surface area contributed by atoms with Crippen LogP contribution in [0, 0.1) is 0 Å². The van der Waals surface area contributed by atoms with Gasteiger partial charge in [-0.3, -0.25) is 4.90 Å². The maximum absolute atomic E-state index is 12.2. The quantitative estimate of drug-likeness (QED) is 0.927. The Hall–Kier alpha value is -1.95. The van der Waals surface area contributed by atoms with Crippen LogP contribution in [0.15, 0.2) is 12.1 Å². The number of hydrogen-bond acceptors (Lipinski definition) is 5. The molecule has 0 saturated carbocycles. The number of amides is 1. The first-order valence-corrected chi connectivity index (χ1v) is 7.00. The number of anilines is 1. The standard InChI is InChI=1S/C15H22N2O4/c1-5-21-15(18)17-9(2)6-11(16)10-7-13(19-3)14(20-4)8-12(10)17/h7-9,11H,5-6,16H2,1-4H3/t9-,11+/m1/s1. The maximum Gasteiger partial charge on any atom is 0.414 e. The highest BCUT2D eigenvalue weighted by atomic mass is 16.6. The number of fused-ring (bicyclic) bond motifs is 1. The Balaban J connectivity index is 2.53. The summed E-state index contributed by atoms with van der Waals surface area (Å²) in [6.07, 6.45) is 0.298. The largest absolute Gasteiger partial charge is 0.493 e. The van der Waals surface area contributed by atoms with Crippen molar-refractivity contribution in [2.45, 2.75) is 32.4 Å². The molecular weight excluding hydrogens is 272 g/mol. The van der Waals surface area contributed by atoms with E-state index >= 15 is 0 Å². The smallest absolute Gasteiger partial charge is 0.414 e. The van der Waals surface area contributed by atoms with E-state index < -0.39 is 0 Å². The highest BCUT2D eigenvalue weighted by Gasteiger charge is 2.34. The lowest BCUT2D eigenvalue weighted by atomic mass is 9.92. The van der Waals surface area contributed by atoms with Crippen molar-refractivity contribution >= 4 is 11.8 Å². The fourth-order valence-electron chi connectivity index (χ4n) is 2.70. The molecule has 6 heteroatoms. The molecule has 1 aliphatic heterocycles. The van der Waals surface area contributed by atoms with Crippen LogP contribution < -0.4 is 20.1 Å². The van der Waals surface area contributed by atoms with Crippen molar-refractivity contribution < 1.29 is 19.0 Å². The molecule has 2 atom stereocenters. The number of benzene rings is 1. The van der Waals surface area contributed by atoms with E-state index in [-0.39, 0.29) is 18.2 Å². The van der Waals surface area contributed by atoms with Gasteiger partial charge in [-0.2, -0.15) is 0 Å². The zero-order valence-corrected chi connectivity index (χ0v) is 12.9. The van der Waals surface area contributed by atoms with E-state index in [2.05, 4.69) is 0 Å². The molecule has 1 amide bonds. The van der Waals surface area contributed by atoms with Crippen molar-refractivity contribution in [3.63, 3.8) is 0 Å². The monoisotopic (exact) mass is 294 g/mol. The van der Waals surface area contributed by atoms with Gasteiger partial charge in [0.1, 0.15) is 0 Å². The maximum atomic E-state index is 12.2. The highest BCUT2D eigenvalue weighted by molar-refractivity contribution is 5.91. The average Bonchev–Trinajstić information content (AvgIpc) is 2.46. The first-order valence-electron chi connectivity index (χ1n) is 7.00. The molecule has 116 valence electrons. The molecule has 2 N–H and O–H groups in total. The number of rotatable bonds is 3. The van der Waals surface area contributed by atoms with Gasteiger partial charge in [-0.05, 0) is 31.9 Å². The van der Waals surface area contributed by atoms with Crippen LogP contribution in [0.25, 0.3) is 0 Å². The van der Waals surface area contributed by atoms with Gasteiger partial charge in [-0.15, -0.1) is 0 Å². The summed E-state index contributed by atoms with van der Waals surface area (Å²) < 4.78 is 15.8. The molecule has 21 heavy (non-hydrogen) atoms. The fraction of sp³-hybridized carbons (Fsp3) is 0.533. The Morgan fingerprint density at radius 3 is 2.52 bits per heavy atom. The van der Waals surface area contributed by atoms with Gasteiger partial charge in [0.15, 0.2) is 11.5 Å². The van der Waals surface area contributed by atoms with Crippen LogP contribution >= 0.6 is 0 Å². The molecule has 0 bridgehead atoms. The SMILES string of the molecule is CCOC(=O)N1c2cc(OC)c(OC)cc2[C@@H](N)C[C@H]1C. The summed E-state index contributed by atoms with van der Waals surface area (Å²) in [5, 5.41) is 0. The van der Waals surface area contributed by atoms with E-state index in [4.69, 9.17) is 19.9 Å². The van der Waals surface area contributed by atoms with E-state index in [0.717, 1.165) is 11.3 Å². The van der Waals surface area contributed by atoms with E-state index in [0.29, 0.717) is 24.5 Å². The molecule has 0 radical (unpaired) electrons. The van der Waals surface area contributed by atoms with Crippen molar-refractivity contribution in [3.8, 4) is 11.5 Å². The summed E-state index contributed by atoms with van der Waals surface area (Å²) in [6, 6.07) is 3.42. The Bertz CT molecular complexity index is 533. The lowest BCUT2D eigenvalue weighted by molar-refractivity contribution is 0.156. The molecule has 0 aliphatic carbocycles. The molecule has 0 aromatic heterocycles. The van der Waals surface area contributed by atoms with Crippen LogP contribution in [-0.4, -0.2) is 33.0 Å². The lowest BCUT2D eigenvalue weighted by Crippen LogP contribution is -2.44. The Kier molecular flexibility index (Phi) is 4.57. The lowest BCUT2D eigenvalue weighted by Gasteiger charge is -2.37. The number of nitrogens with zero attached hydrogens (tertiary/aromatic N) is 1. The third kappa shape index (κ3) is 2.76. The Morgan fingerprint density at radius 2 is 1.95 bits per heavy atom. The van der Waals surface area contributed by atoms with Gasteiger partial charge in [0.2, 0.25) is 0 Å². The van der Waals surface area contributed by atoms with Crippen LogP contribution in [0.1, 0.15) is 31.9 Å². The highest BCUT2D eigenvalue weighted by Crippen LogP contribution is 2.42. The number of hydrogen-bond donors (Lipinski definition) is 1. The number of methoxy groups -OCH3 is 2. The molecule has 2 rings (SSSR count). The predicted molar refractivity (Wildman–Crippen MR) is 80.1 cm³/mol. The van der Waals surface area contributed by atoms with Crippen molar-refractivity contribution in [2.75, 3.05) is 25.7 Å². The third-order valence-electron chi connectivity index (χ3n) is 3.69. The summed E-state index contributed by atoms with van der Waals surface area (Å²) >= 11 is 0. The number of nitrogens with two attached hydrogens (primary N) is 1. The molecule has 1 aromatic carbocycles. The summed E-state index contributed by atoms with van der Waals surface area (Å²) in [6.45, 7) is 4.07. The average molecular weight is 294 g/mol. The predicted octanol–water partition coefficient (Wildman–Crippen LogP) is 2.46. The second-order valence-electron chi connectivity index (χ2n) is 5.03. The molecule has 6 nitrogen and oxygen atoms in total. The molecule has 1 heterocycles. The second kappa shape index (κ2) is 6.22. The summed E-state index contributed by atoms with van der Waals surface area (Å²) in [5.41, 5.74) is 7.79. The number of carbonyl (C=O) groups is 1. The van der Waals surface area contributed by atoms with Gasteiger partial charge in [0.25, 0.3) is 0 Å². The van der Waals surface area contributed by atoms with E-state index in [9.17, 15) is 4.79 Å². The van der Waals surface area contributed by atoms with Crippen molar-refractivity contribution in [3.05, 3.63) is 17.7 Å². The molecule has 1 aliphatic rings. The van der Waals surface area contributed by atoms with Crippen molar-refractivity contribution in [1.82, 2.24) is 0 Å². The summed E-state index contributed by atoms with van der Waals surface area (Å²) in [7, 11) is 3.13. The zero-order valence-electron chi connectivity index (χ0n) is 12.9. The minimum absolute atomic E-state index is 0.0374. The van der Waals surface area contributed by atoms with Gasteiger partial charge in [-0.25, -0.2) is 4.79 Å². The van der Waals surface area contributed by atoms with Gasteiger partial charge in [0.05, 0.1) is 26.5 Å². The molecule has 1 aromatic rings. The summed E-state index contributed by atoms with van der Waals surface area (Å²) in [4.78, 5) is 13.9. The van der Waals surface area contributed by atoms with Crippen LogP contribution in [0.5, 0.6) is 11.5 Å². The van der Waals surface area contributed by atoms with Crippen LogP contribution in [0.2, 0.25) is 0 Å². The Morgan fingerprint density at radius 1 is 1.33 bits per heavy atom. The molecule has 0 unspecified atom stereocenters. The van der Waals surface area contributed by atoms with E-state index in [1.807, 2.05) is 13.0 Å². The Labute approximate surface area is 124 Å². The van der Waals surface area contributed by atoms with Crippen LogP contribution in [0.3, 0.4) is 0 Å².